The van der Waals surface area contributed by atoms with Gasteiger partial charge in [0.2, 0.25) is 29.1 Å². The highest BCUT2D eigenvalue weighted by atomic mass is 19.3. The normalized spacial score (nSPS) is 17.5. The van der Waals surface area contributed by atoms with Crippen molar-refractivity contribution in [3.05, 3.63) is 63.8 Å². The van der Waals surface area contributed by atoms with Crippen molar-refractivity contribution in [3.8, 4) is 0 Å². The fourth-order valence-corrected chi connectivity index (χ4v) is 6.27. The molecule has 1 saturated carbocycles. The van der Waals surface area contributed by atoms with E-state index in [4.69, 9.17) is 0 Å². The van der Waals surface area contributed by atoms with Gasteiger partial charge < -0.3 is 25.0 Å². The minimum absolute atomic E-state index is 0.0292. The van der Waals surface area contributed by atoms with Gasteiger partial charge in [0.05, 0.1) is 5.69 Å². The largest absolute Gasteiger partial charge is 0.344 e. The highest BCUT2D eigenvalue weighted by Gasteiger charge is 2.44. The highest BCUT2D eigenvalue weighted by Crippen LogP contribution is 2.37. The number of Topliss-reactive ketones (excluding diaryl/α,β-unsaturated/α-hetero) is 1. The maximum Gasteiger partial charge on any atom is 0.331 e. The lowest BCUT2D eigenvalue weighted by molar-refractivity contribution is -0.147. The van der Waals surface area contributed by atoms with Gasteiger partial charge in [-0.3, -0.25) is 24.0 Å². The van der Waals surface area contributed by atoms with E-state index in [2.05, 4.69) is 15.5 Å². The Hall–Kier alpha value is -4.00. The van der Waals surface area contributed by atoms with Gasteiger partial charge in [0.15, 0.2) is 0 Å². The number of anilines is 1. The third-order valence-electron chi connectivity index (χ3n) is 9.26. The first-order valence-corrected chi connectivity index (χ1v) is 16.2. The van der Waals surface area contributed by atoms with Crippen LogP contribution in [0.1, 0.15) is 63.0 Å². The number of pyridine rings is 1. The quantitative estimate of drug-likeness (QED) is 0.359. The second-order valence-electron chi connectivity index (χ2n) is 12.7. The summed E-state index contributed by atoms with van der Waals surface area (Å²) in [7, 11) is 3.26. The van der Waals surface area contributed by atoms with E-state index in [1.54, 1.807) is 11.8 Å². The molecule has 256 valence electrons. The minimum atomic E-state index is -3.93. The van der Waals surface area contributed by atoms with Crippen molar-refractivity contribution < 1.29 is 32.3 Å². The number of hydrogen-bond donors (Lipinski definition) is 2. The van der Waals surface area contributed by atoms with E-state index in [-0.39, 0.29) is 36.3 Å². The van der Waals surface area contributed by atoms with E-state index >= 15 is 13.2 Å². The molecule has 2 heterocycles. The number of alkyl halides is 2. The van der Waals surface area contributed by atoms with Crippen LogP contribution < -0.4 is 16.2 Å². The SMILES string of the molecule is CCC(=O)N[C@H](Cc1ccc(NC(=O)[C@@H](CC(=O)C(F)(F)c2ccc(=O)n(C)c2)C2CCCCC2)c(F)c1)C(=O)N1CCN(C)CC1. The van der Waals surface area contributed by atoms with Crippen LogP contribution in [0.25, 0.3) is 0 Å². The summed E-state index contributed by atoms with van der Waals surface area (Å²) in [6.45, 7) is 4.08. The summed E-state index contributed by atoms with van der Waals surface area (Å²) in [6, 6.07) is 5.00. The van der Waals surface area contributed by atoms with Crippen molar-refractivity contribution in [1.82, 2.24) is 19.7 Å². The molecule has 1 aromatic heterocycles. The fourth-order valence-electron chi connectivity index (χ4n) is 6.27. The molecular formula is C34H44F3N5O5. The van der Waals surface area contributed by atoms with E-state index in [0.717, 1.165) is 42.2 Å². The maximum absolute atomic E-state index is 15.4. The zero-order valence-corrected chi connectivity index (χ0v) is 27.2. The second-order valence-corrected chi connectivity index (χ2v) is 12.7. The Kier molecular flexibility index (Phi) is 12.0. The number of likely N-dealkylation sites (N-methyl/N-ethyl adjacent to an activating group) is 1. The number of benzene rings is 1. The van der Waals surface area contributed by atoms with Crippen LogP contribution in [-0.4, -0.2) is 77.1 Å². The molecule has 47 heavy (non-hydrogen) atoms. The zero-order valence-electron chi connectivity index (χ0n) is 27.2. The van der Waals surface area contributed by atoms with Gasteiger partial charge in [-0.15, -0.1) is 0 Å². The molecular weight excluding hydrogens is 615 g/mol. The summed E-state index contributed by atoms with van der Waals surface area (Å²) in [5.74, 6) is -8.94. The average molecular weight is 660 g/mol. The third-order valence-corrected chi connectivity index (χ3v) is 9.26. The smallest absolute Gasteiger partial charge is 0.331 e. The summed E-state index contributed by atoms with van der Waals surface area (Å²) in [6.07, 6.45) is 4.00. The highest BCUT2D eigenvalue weighted by molar-refractivity contribution is 5.97. The number of hydrogen-bond acceptors (Lipinski definition) is 6. The lowest BCUT2D eigenvalue weighted by Crippen LogP contribution is -2.54. The molecule has 2 N–H and O–H groups in total. The molecule has 2 aliphatic rings. The van der Waals surface area contributed by atoms with Crippen LogP contribution in [-0.2, 0) is 38.6 Å². The number of nitrogens with one attached hydrogen (secondary N) is 2. The Bertz CT molecular complexity index is 1520. The van der Waals surface area contributed by atoms with Gasteiger partial charge in [-0.25, -0.2) is 4.39 Å². The Balaban J connectivity index is 1.50. The van der Waals surface area contributed by atoms with Crippen molar-refractivity contribution in [2.75, 3.05) is 38.5 Å². The summed E-state index contributed by atoms with van der Waals surface area (Å²) in [5.41, 5.74) is -0.919. The van der Waals surface area contributed by atoms with Gasteiger partial charge in [-0.05, 0) is 49.6 Å². The van der Waals surface area contributed by atoms with E-state index in [0.29, 0.717) is 44.6 Å². The molecule has 2 atom stereocenters. The summed E-state index contributed by atoms with van der Waals surface area (Å²) in [4.78, 5) is 67.6. The summed E-state index contributed by atoms with van der Waals surface area (Å²) >= 11 is 0. The van der Waals surface area contributed by atoms with Gasteiger partial charge in [-0.2, -0.15) is 8.78 Å². The lowest BCUT2D eigenvalue weighted by Gasteiger charge is -2.34. The molecule has 0 radical (unpaired) electrons. The number of amides is 3. The fraction of sp³-hybridized carbons (Fsp3) is 0.559. The van der Waals surface area contributed by atoms with Crippen LogP contribution in [0.5, 0.6) is 0 Å². The van der Waals surface area contributed by atoms with Crippen LogP contribution in [0.3, 0.4) is 0 Å². The molecule has 2 aromatic rings. The van der Waals surface area contributed by atoms with Crippen molar-refractivity contribution in [2.45, 2.75) is 70.3 Å². The standard InChI is InChI=1S/C34H44F3N5O5/c1-4-30(44)38-28(33(47)42-16-14-40(2)15-17-42)19-22-10-12-27(26(35)18-22)39-32(46)25(23-8-6-5-7-9-23)20-29(43)34(36,37)24-11-13-31(45)41(3)21-24/h10-13,18,21,23,25,28H,4-9,14-17,19-20H2,1-3H3,(H,38,44)(H,39,46)/t25-,28+/m0/s1. The third kappa shape index (κ3) is 9.09. The molecule has 2 fully saturated rings. The molecule has 10 nitrogen and oxygen atoms in total. The van der Waals surface area contributed by atoms with Gasteiger partial charge in [0.25, 0.3) is 0 Å². The Labute approximate surface area is 272 Å². The van der Waals surface area contributed by atoms with Crippen LogP contribution in [0.4, 0.5) is 18.9 Å². The van der Waals surface area contributed by atoms with Crippen molar-refractivity contribution in [2.24, 2.45) is 18.9 Å². The van der Waals surface area contributed by atoms with E-state index in [1.807, 2.05) is 7.05 Å². The zero-order chi connectivity index (χ0) is 34.3. The number of halogens is 3. The summed E-state index contributed by atoms with van der Waals surface area (Å²) in [5, 5.41) is 5.26. The predicted octanol–water partition coefficient (Wildman–Crippen LogP) is 3.62. The van der Waals surface area contributed by atoms with Crippen molar-refractivity contribution in [1.29, 1.82) is 0 Å². The molecule has 4 rings (SSSR count). The molecule has 13 heteroatoms. The number of rotatable bonds is 12. The van der Waals surface area contributed by atoms with Crippen LogP contribution in [0, 0.1) is 17.7 Å². The second kappa shape index (κ2) is 15.7. The number of aromatic nitrogens is 1. The van der Waals surface area contributed by atoms with E-state index in [9.17, 15) is 24.0 Å². The Morgan fingerprint density at radius 2 is 1.66 bits per heavy atom. The monoisotopic (exact) mass is 659 g/mol. The van der Waals surface area contributed by atoms with Crippen LogP contribution >= 0.6 is 0 Å². The molecule has 0 unspecified atom stereocenters. The Morgan fingerprint density at radius 3 is 2.28 bits per heavy atom. The molecule has 1 saturated heterocycles. The van der Waals surface area contributed by atoms with Crippen molar-refractivity contribution in [3.63, 3.8) is 0 Å². The van der Waals surface area contributed by atoms with Crippen LogP contribution in [0.2, 0.25) is 0 Å². The van der Waals surface area contributed by atoms with Gasteiger partial charge >= 0.3 is 5.92 Å². The predicted molar refractivity (Wildman–Crippen MR) is 170 cm³/mol. The van der Waals surface area contributed by atoms with Crippen molar-refractivity contribution >= 4 is 29.2 Å². The molecule has 0 bridgehead atoms. The Morgan fingerprint density at radius 1 is 0.979 bits per heavy atom. The molecule has 0 spiro atoms. The average Bonchev–Trinajstić information content (AvgIpc) is 3.05. The van der Waals surface area contributed by atoms with Gasteiger partial charge in [0, 0.05) is 76.2 Å². The van der Waals surface area contributed by atoms with Crippen LogP contribution in [0.15, 0.2) is 41.3 Å². The first-order chi connectivity index (χ1) is 22.3. The topological polar surface area (TPSA) is 121 Å². The number of carbonyl (C=O) groups is 4. The lowest BCUT2D eigenvalue weighted by atomic mass is 9.76. The first-order valence-electron chi connectivity index (χ1n) is 16.2. The van der Waals surface area contributed by atoms with E-state index < -0.39 is 52.9 Å². The number of nitrogens with zero attached hydrogens (tertiary/aromatic N) is 3. The molecule has 1 aromatic carbocycles. The maximum atomic E-state index is 15.4. The first kappa shape index (κ1) is 35.8. The minimum Gasteiger partial charge on any atom is -0.344 e. The molecule has 3 amide bonds. The number of aryl methyl sites for hydroxylation is 1. The number of piperazine rings is 1. The molecule has 1 aliphatic heterocycles. The van der Waals surface area contributed by atoms with E-state index in [1.165, 1.54) is 25.2 Å². The van der Waals surface area contributed by atoms with Gasteiger partial charge in [0.1, 0.15) is 11.9 Å². The number of carbonyl (C=O) groups excluding carboxylic acids is 4. The van der Waals surface area contributed by atoms with Gasteiger partial charge in [-0.1, -0.05) is 32.3 Å². The summed E-state index contributed by atoms with van der Waals surface area (Å²) < 4.78 is 46.9. The molecule has 1 aliphatic carbocycles. The number of ketones is 1.